The van der Waals surface area contributed by atoms with Gasteiger partial charge in [-0.1, -0.05) is 84.9 Å². The summed E-state index contributed by atoms with van der Waals surface area (Å²) >= 11 is 0. The molecule has 2 aliphatic heterocycles. The number of nitrogens with two attached hydrogens (primary N) is 1. The van der Waals surface area contributed by atoms with Crippen LogP contribution in [0.3, 0.4) is 0 Å². The third kappa shape index (κ3) is 7.00. The summed E-state index contributed by atoms with van der Waals surface area (Å²) < 4.78 is 10.9. The number of benzene rings is 3. The largest absolute Gasteiger partial charge is 0.444 e. The van der Waals surface area contributed by atoms with Gasteiger partial charge in [0.2, 0.25) is 5.91 Å². The molecule has 3 aromatic rings. The lowest BCUT2D eigenvalue weighted by molar-refractivity contribution is -0.122. The average Bonchev–Trinajstić information content (AvgIpc) is 3.76. The molecule has 46 heavy (non-hydrogen) atoms. The fraction of sp³-hybridized carbons (Fsp3) is 0.378. The number of rotatable bonds is 12. The van der Waals surface area contributed by atoms with Crippen molar-refractivity contribution in [3.63, 3.8) is 0 Å². The van der Waals surface area contributed by atoms with E-state index in [1.54, 1.807) is 6.20 Å². The minimum absolute atomic E-state index is 0.0458. The summed E-state index contributed by atoms with van der Waals surface area (Å²) in [7, 11) is 0. The van der Waals surface area contributed by atoms with Gasteiger partial charge in [-0.3, -0.25) is 9.59 Å². The van der Waals surface area contributed by atoms with Gasteiger partial charge in [0.05, 0.1) is 25.4 Å². The second-order valence-electron chi connectivity index (χ2n) is 12.7. The summed E-state index contributed by atoms with van der Waals surface area (Å²) in [6.45, 7) is 0.880. The maximum atomic E-state index is 14.7. The number of ketones is 1. The van der Waals surface area contributed by atoms with Crippen molar-refractivity contribution in [1.29, 1.82) is 0 Å². The Morgan fingerprint density at radius 1 is 1.00 bits per heavy atom. The third-order valence-corrected chi connectivity index (χ3v) is 9.49. The first-order valence-corrected chi connectivity index (χ1v) is 16.0. The molecule has 9 nitrogen and oxygen atoms in total. The lowest BCUT2D eigenvalue weighted by Crippen LogP contribution is -2.55. The second kappa shape index (κ2) is 13.9. The molecule has 5 N–H and O–H groups in total. The van der Waals surface area contributed by atoms with Crippen LogP contribution in [-0.2, 0) is 31.9 Å². The summed E-state index contributed by atoms with van der Waals surface area (Å²) in [5, 5.41) is 18.2. The summed E-state index contributed by atoms with van der Waals surface area (Å²) in [5.41, 5.74) is 8.99. The molecule has 0 radical (unpaired) electrons. The molecule has 2 amide bonds. The number of hydrogen-bond donors (Lipinski definition) is 4. The van der Waals surface area contributed by atoms with Crippen molar-refractivity contribution in [1.82, 2.24) is 10.6 Å². The van der Waals surface area contributed by atoms with Gasteiger partial charge in [-0.15, -0.1) is 0 Å². The van der Waals surface area contributed by atoms with Crippen LogP contribution in [0.5, 0.6) is 0 Å². The van der Waals surface area contributed by atoms with E-state index in [0.717, 1.165) is 22.3 Å². The Labute approximate surface area is 269 Å². The Morgan fingerprint density at radius 3 is 2.35 bits per heavy atom. The number of aliphatic hydroxyl groups is 1. The molecule has 6 atom stereocenters. The zero-order valence-electron chi connectivity index (χ0n) is 25.8. The molecule has 0 bridgehead atoms. The average molecular weight is 624 g/mol. The van der Waals surface area contributed by atoms with Gasteiger partial charge in [0, 0.05) is 43.4 Å². The number of nitrogens with one attached hydrogen (secondary N) is 2. The predicted octanol–water partition coefficient (Wildman–Crippen LogP) is 4.05. The van der Waals surface area contributed by atoms with E-state index in [1.807, 2.05) is 84.9 Å². The lowest BCUT2D eigenvalue weighted by Gasteiger charge is -2.35. The van der Waals surface area contributed by atoms with Crippen molar-refractivity contribution < 1.29 is 29.0 Å². The molecule has 9 heteroatoms. The van der Waals surface area contributed by atoms with Crippen molar-refractivity contribution in [3.8, 4) is 0 Å². The first-order valence-electron chi connectivity index (χ1n) is 16.0. The molecular weight excluding hydrogens is 582 g/mol. The number of primary amides is 1. The SMILES string of the molecule is NC(=O)C[C@H]1CC(C2=CN[C@@](Cc3ccccc3)(C[C@H](O)[C@H](Cc3ccccc3)NC(=O)O[C@H]3CCOC3)C2=O)c2ccccc21. The number of alkyl carbamates (subject to hydrolysis) is 1. The molecule has 3 aromatic carbocycles. The number of carbonyl (C=O) groups excluding carboxylic acids is 3. The molecule has 0 aromatic heterocycles. The van der Waals surface area contributed by atoms with E-state index < -0.39 is 23.8 Å². The highest BCUT2D eigenvalue weighted by molar-refractivity contribution is 6.06. The van der Waals surface area contributed by atoms with Crippen LogP contribution in [0.15, 0.2) is 96.7 Å². The Bertz CT molecular complexity index is 1570. The molecular formula is C37H41N3O6. The Balaban J connectivity index is 1.27. The van der Waals surface area contributed by atoms with E-state index in [2.05, 4.69) is 10.6 Å². The normalized spacial score (nSPS) is 24.8. The zero-order chi connectivity index (χ0) is 32.1. The molecule has 1 aliphatic carbocycles. The number of amides is 2. The van der Waals surface area contributed by atoms with Crippen LogP contribution in [0.4, 0.5) is 4.79 Å². The molecule has 0 spiro atoms. The highest BCUT2D eigenvalue weighted by atomic mass is 16.6. The van der Waals surface area contributed by atoms with E-state index in [9.17, 15) is 19.5 Å². The number of fused-ring (bicyclic) bond motifs is 1. The van der Waals surface area contributed by atoms with Gasteiger partial charge < -0.3 is 30.9 Å². The number of hydrogen-bond acceptors (Lipinski definition) is 7. The van der Waals surface area contributed by atoms with Crippen LogP contribution in [0.2, 0.25) is 0 Å². The third-order valence-electron chi connectivity index (χ3n) is 9.49. The number of ether oxygens (including phenoxy) is 2. The van der Waals surface area contributed by atoms with Crippen LogP contribution in [-0.4, -0.2) is 59.9 Å². The van der Waals surface area contributed by atoms with Gasteiger partial charge in [-0.25, -0.2) is 4.79 Å². The van der Waals surface area contributed by atoms with Gasteiger partial charge in [0.1, 0.15) is 11.6 Å². The van der Waals surface area contributed by atoms with E-state index in [1.165, 1.54) is 0 Å². The Kier molecular flexibility index (Phi) is 9.51. The molecule has 1 fully saturated rings. The van der Waals surface area contributed by atoms with Crippen molar-refractivity contribution >= 4 is 17.8 Å². The Hall–Kier alpha value is -4.47. The molecule has 240 valence electrons. The first kappa shape index (κ1) is 31.5. The number of Topliss-reactive ketones (excluding diaryl/α,β-unsaturated/α-hetero) is 1. The topological polar surface area (TPSA) is 140 Å². The number of carbonyl (C=O) groups is 3. The van der Waals surface area contributed by atoms with Gasteiger partial charge >= 0.3 is 6.09 Å². The predicted molar refractivity (Wildman–Crippen MR) is 173 cm³/mol. The number of aliphatic hydroxyl groups excluding tert-OH is 1. The van der Waals surface area contributed by atoms with Crippen LogP contribution in [0, 0.1) is 0 Å². The van der Waals surface area contributed by atoms with Crippen molar-refractivity contribution in [2.24, 2.45) is 5.73 Å². The molecule has 3 aliphatic rings. The summed E-state index contributed by atoms with van der Waals surface area (Å²) in [4.78, 5) is 39.6. The fourth-order valence-corrected chi connectivity index (χ4v) is 7.24. The summed E-state index contributed by atoms with van der Waals surface area (Å²) in [6.07, 6.45) is 1.90. The first-order chi connectivity index (χ1) is 22.3. The van der Waals surface area contributed by atoms with E-state index in [4.69, 9.17) is 15.2 Å². The quantitative estimate of drug-likeness (QED) is 0.239. The van der Waals surface area contributed by atoms with Crippen LogP contribution < -0.4 is 16.4 Å². The van der Waals surface area contributed by atoms with Crippen molar-refractivity contribution in [3.05, 3.63) is 119 Å². The monoisotopic (exact) mass is 623 g/mol. The maximum Gasteiger partial charge on any atom is 0.407 e. The standard InChI is InChI=1S/C37H41N3O6/c38-34(42)19-26-18-30(29-14-8-7-13-28(26)29)31-22-39-37(35(31)43,20-25-11-5-2-6-12-25)21-33(41)32(17-24-9-3-1-4-10-24)40-36(44)46-27-15-16-45-23-27/h1-14,22,26-27,30,32-33,39,41H,15-21,23H2,(H2,38,42)(H,40,44)/t26-,27+,30?,32+,33+,37+/m1/s1. The van der Waals surface area contributed by atoms with Crippen LogP contribution in [0.25, 0.3) is 0 Å². The van der Waals surface area contributed by atoms with Crippen LogP contribution >= 0.6 is 0 Å². The molecule has 1 saturated heterocycles. The van der Waals surface area contributed by atoms with Gasteiger partial charge in [-0.2, -0.15) is 0 Å². The smallest absolute Gasteiger partial charge is 0.407 e. The minimum atomic E-state index is -1.16. The molecule has 0 saturated carbocycles. The van der Waals surface area contributed by atoms with Crippen LogP contribution in [0.1, 0.15) is 59.8 Å². The fourth-order valence-electron chi connectivity index (χ4n) is 7.24. The summed E-state index contributed by atoms with van der Waals surface area (Å²) in [5.74, 6) is -0.753. The lowest BCUT2D eigenvalue weighted by atomic mass is 9.77. The highest BCUT2D eigenvalue weighted by Crippen LogP contribution is 2.49. The van der Waals surface area contributed by atoms with Gasteiger partial charge in [-0.05, 0) is 41.0 Å². The second-order valence-corrected chi connectivity index (χ2v) is 12.7. The molecule has 2 heterocycles. The van der Waals surface area contributed by atoms with Gasteiger partial charge in [0.25, 0.3) is 0 Å². The van der Waals surface area contributed by atoms with E-state index in [0.29, 0.717) is 44.5 Å². The Morgan fingerprint density at radius 2 is 1.67 bits per heavy atom. The molecule has 6 rings (SSSR count). The zero-order valence-corrected chi connectivity index (χ0v) is 25.8. The highest BCUT2D eigenvalue weighted by Gasteiger charge is 2.49. The van der Waals surface area contributed by atoms with Crippen molar-refractivity contribution in [2.45, 2.75) is 74.1 Å². The van der Waals surface area contributed by atoms with E-state index in [-0.39, 0.29) is 42.5 Å². The maximum absolute atomic E-state index is 14.7. The van der Waals surface area contributed by atoms with Crippen molar-refractivity contribution in [2.75, 3.05) is 13.2 Å². The molecule has 1 unspecified atom stereocenters. The minimum Gasteiger partial charge on any atom is -0.444 e. The summed E-state index contributed by atoms with van der Waals surface area (Å²) in [6, 6.07) is 26.5. The van der Waals surface area contributed by atoms with Gasteiger partial charge in [0.15, 0.2) is 5.78 Å². The van der Waals surface area contributed by atoms with E-state index >= 15 is 0 Å².